The number of thioether (sulfide) groups is 1. The number of rotatable bonds is 6. The van der Waals surface area contributed by atoms with Crippen molar-refractivity contribution in [1.29, 1.82) is 5.26 Å². The Bertz CT molecular complexity index is 1090. The second kappa shape index (κ2) is 9.41. The first-order valence-electron chi connectivity index (χ1n) is 9.95. The molecule has 0 bridgehead atoms. The number of aryl methyl sites for hydroxylation is 2. The summed E-state index contributed by atoms with van der Waals surface area (Å²) in [4.78, 5) is 21.2. The minimum absolute atomic E-state index is 0.0704. The molecule has 0 aliphatic heterocycles. The summed E-state index contributed by atoms with van der Waals surface area (Å²) < 4.78 is 0. The lowest BCUT2D eigenvalue weighted by atomic mass is 9.82. The Labute approximate surface area is 184 Å². The molecule has 5 nitrogen and oxygen atoms in total. The number of nitriles is 1. The predicted molar refractivity (Wildman–Crippen MR) is 121 cm³/mol. The monoisotopic (exact) mass is 434 g/mol. The number of hydrogen-bond acceptors (Lipinski definition) is 6. The van der Waals surface area contributed by atoms with E-state index in [-0.39, 0.29) is 5.91 Å². The van der Waals surface area contributed by atoms with Gasteiger partial charge in [0.2, 0.25) is 5.91 Å². The van der Waals surface area contributed by atoms with Gasteiger partial charge in [0, 0.05) is 23.2 Å². The predicted octanol–water partition coefficient (Wildman–Crippen LogP) is 5.11. The molecule has 2 aromatic heterocycles. The van der Waals surface area contributed by atoms with E-state index >= 15 is 0 Å². The van der Waals surface area contributed by atoms with Gasteiger partial charge in [-0.1, -0.05) is 30.3 Å². The topological polar surface area (TPSA) is 78.7 Å². The summed E-state index contributed by atoms with van der Waals surface area (Å²) in [5, 5.41) is 15.7. The molecule has 1 N–H and O–H groups in total. The molecular formula is C23H22N4OS2. The van der Waals surface area contributed by atoms with E-state index in [1.807, 2.05) is 24.4 Å². The van der Waals surface area contributed by atoms with Gasteiger partial charge in [0.1, 0.15) is 11.1 Å². The van der Waals surface area contributed by atoms with Crippen molar-refractivity contribution < 1.29 is 4.79 Å². The highest BCUT2D eigenvalue weighted by atomic mass is 32.2. The zero-order valence-electron chi connectivity index (χ0n) is 16.7. The van der Waals surface area contributed by atoms with Crippen LogP contribution in [0, 0.1) is 18.3 Å². The number of carbonyl (C=O) groups excluding carboxylic acids is 1. The molecule has 0 saturated heterocycles. The van der Waals surface area contributed by atoms with E-state index in [0.29, 0.717) is 28.8 Å². The molecule has 1 amide bonds. The minimum Gasteiger partial charge on any atom is -0.302 e. The molecule has 3 aromatic rings. The van der Waals surface area contributed by atoms with Crippen LogP contribution < -0.4 is 5.32 Å². The molecule has 1 unspecified atom stereocenters. The molecule has 0 radical (unpaired) electrons. The van der Waals surface area contributed by atoms with Crippen LogP contribution in [0.4, 0.5) is 5.13 Å². The largest absolute Gasteiger partial charge is 0.302 e. The van der Waals surface area contributed by atoms with Crippen LogP contribution in [0.15, 0.2) is 46.8 Å². The van der Waals surface area contributed by atoms with E-state index in [2.05, 4.69) is 40.6 Å². The van der Waals surface area contributed by atoms with Crippen molar-refractivity contribution in [2.45, 2.75) is 43.6 Å². The smallest absolute Gasteiger partial charge is 0.226 e. The van der Waals surface area contributed by atoms with E-state index in [4.69, 9.17) is 4.98 Å². The number of thiazole rings is 1. The fourth-order valence-electron chi connectivity index (χ4n) is 3.68. The molecular weight excluding hydrogens is 412 g/mol. The first kappa shape index (κ1) is 20.6. The summed E-state index contributed by atoms with van der Waals surface area (Å²) in [5.74, 6) is 0.978. The summed E-state index contributed by atoms with van der Waals surface area (Å²) in [5.41, 5.74) is 5.11. The average Bonchev–Trinajstić information content (AvgIpc) is 3.17. The van der Waals surface area contributed by atoms with Gasteiger partial charge in [-0.25, -0.2) is 9.97 Å². The maximum absolute atomic E-state index is 12.1. The summed E-state index contributed by atoms with van der Waals surface area (Å²) in [6, 6.07) is 14.8. The Morgan fingerprint density at radius 3 is 2.90 bits per heavy atom. The molecule has 1 aromatic carbocycles. The molecule has 1 aliphatic rings. The SMILES string of the molecule is Cc1csc(NC(=O)CCSc2nc3c(cc2C#N)CC(c2ccccc2)CC3)n1. The Morgan fingerprint density at radius 1 is 1.33 bits per heavy atom. The summed E-state index contributed by atoms with van der Waals surface area (Å²) in [7, 11) is 0. The summed E-state index contributed by atoms with van der Waals surface area (Å²) in [6.07, 6.45) is 3.25. The number of benzene rings is 1. The first-order chi connectivity index (χ1) is 14.6. The molecule has 7 heteroatoms. The molecule has 0 saturated carbocycles. The number of fused-ring (bicyclic) bond motifs is 1. The lowest BCUT2D eigenvalue weighted by molar-refractivity contribution is -0.115. The van der Waals surface area contributed by atoms with Crippen LogP contribution in [0.3, 0.4) is 0 Å². The van der Waals surface area contributed by atoms with Crippen LogP contribution in [0.25, 0.3) is 0 Å². The first-order valence-corrected chi connectivity index (χ1v) is 11.8. The Kier molecular flexibility index (Phi) is 6.46. The molecule has 1 aliphatic carbocycles. The lowest BCUT2D eigenvalue weighted by Gasteiger charge is -2.25. The Morgan fingerprint density at radius 2 is 2.17 bits per heavy atom. The van der Waals surface area contributed by atoms with Crippen molar-refractivity contribution in [3.63, 3.8) is 0 Å². The zero-order valence-corrected chi connectivity index (χ0v) is 18.4. The van der Waals surface area contributed by atoms with Crippen LogP contribution in [-0.2, 0) is 17.6 Å². The summed E-state index contributed by atoms with van der Waals surface area (Å²) >= 11 is 2.90. The Balaban J connectivity index is 1.39. The number of amides is 1. The molecule has 2 heterocycles. The van der Waals surface area contributed by atoms with Crippen LogP contribution >= 0.6 is 23.1 Å². The zero-order chi connectivity index (χ0) is 20.9. The standard InChI is InChI=1S/C23H22N4OS2/c1-15-14-30-23(25-15)27-21(28)9-10-29-22-19(13-24)12-18-11-17(7-8-20(18)26-22)16-5-3-2-4-6-16/h2-6,12,14,17H,7-11H2,1H3,(H,25,27,28). The van der Waals surface area contributed by atoms with Gasteiger partial charge in [-0.2, -0.15) is 5.26 Å². The number of nitrogens with one attached hydrogen (secondary N) is 1. The van der Waals surface area contributed by atoms with Crippen molar-refractivity contribution in [2.75, 3.05) is 11.1 Å². The third-order valence-electron chi connectivity index (χ3n) is 5.18. The van der Waals surface area contributed by atoms with Crippen molar-refractivity contribution in [2.24, 2.45) is 0 Å². The van der Waals surface area contributed by atoms with E-state index < -0.39 is 0 Å². The maximum Gasteiger partial charge on any atom is 0.226 e. The van der Waals surface area contributed by atoms with Gasteiger partial charge in [-0.3, -0.25) is 4.79 Å². The van der Waals surface area contributed by atoms with Crippen molar-refractivity contribution in [1.82, 2.24) is 9.97 Å². The third kappa shape index (κ3) is 4.89. The number of carbonyl (C=O) groups is 1. The average molecular weight is 435 g/mol. The fourth-order valence-corrected chi connectivity index (χ4v) is 5.30. The van der Waals surface area contributed by atoms with Gasteiger partial charge in [-0.15, -0.1) is 23.1 Å². The number of aromatic nitrogens is 2. The number of nitrogens with zero attached hydrogens (tertiary/aromatic N) is 3. The van der Waals surface area contributed by atoms with Crippen LogP contribution in [0.1, 0.15) is 46.8 Å². The minimum atomic E-state index is -0.0704. The van der Waals surface area contributed by atoms with Gasteiger partial charge in [0.25, 0.3) is 0 Å². The van der Waals surface area contributed by atoms with E-state index in [1.165, 1.54) is 34.2 Å². The number of pyridine rings is 1. The molecule has 4 rings (SSSR count). The van der Waals surface area contributed by atoms with Gasteiger partial charge in [0.15, 0.2) is 5.13 Å². The van der Waals surface area contributed by atoms with E-state index in [9.17, 15) is 10.1 Å². The highest BCUT2D eigenvalue weighted by Gasteiger charge is 2.23. The fraction of sp³-hybridized carbons (Fsp3) is 0.304. The van der Waals surface area contributed by atoms with Gasteiger partial charge < -0.3 is 5.32 Å². The molecule has 0 spiro atoms. The molecule has 152 valence electrons. The maximum atomic E-state index is 12.1. The molecule has 30 heavy (non-hydrogen) atoms. The van der Waals surface area contributed by atoms with Gasteiger partial charge in [0.05, 0.1) is 11.3 Å². The second-order valence-corrected chi connectivity index (χ2v) is 9.29. The van der Waals surface area contributed by atoms with Crippen LogP contribution in [0.5, 0.6) is 0 Å². The van der Waals surface area contributed by atoms with Crippen molar-refractivity contribution in [3.8, 4) is 6.07 Å². The normalized spacial score (nSPS) is 15.3. The number of anilines is 1. The molecule has 1 atom stereocenters. The van der Waals surface area contributed by atoms with E-state index in [0.717, 1.165) is 35.7 Å². The van der Waals surface area contributed by atoms with Crippen LogP contribution in [0.2, 0.25) is 0 Å². The Hall–Kier alpha value is -2.69. The summed E-state index contributed by atoms with van der Waals surface area (Å²) in [6.45, 7) is 1.90. The van der Waals surface area contributed by atoms with Crippen LogP contribution in [-0.4, -0.2) is 21.6 Å². The van der Waals surface area contributed by atoms with Gasteiger partial charge >= 0.3 is 0 Å². The third-order valence-corrected chi connectivity index (χ3v) is 7.05. The number of hydrogen-bond donors (Lipinski definition) is 1. The van der Waals surface area contributed by atoms with Crippen molar-refractivity contribution in [3.05, 3.63) is 69.9 Å². The lowest BCUT2D eigenvalue weighted by Crippen LogP contribution is -2.15. The van der Waals surface area contributed by atoms with Crippen molar-refractivity contribution >= 4 is 34.1 Å². The quantitative estimate of drug-likeness (QED) is 0.545. The highest BCUT2D eigenvalue weighted by Crippen LogP contribution is 2.34. The van der Waals surface area contributed by atoms with Gasteiger partial charge in [-0.05, 0) is 49.3 Å². The highest BCUT2D eigenvalue weighted by molar-refractivity contribution is 7.99. The van der Waals surface area contributed by atoms with E-state index in [1.54, 1.807) is 0 Å². The second-order valence-electron chi connectivity index (χ2n) is 7.35. The molecule has 0 fully saturated rings.